The molecule has 1 atom stereocenters. The molecule has 1 aliphatic carbocycles. The summed E-state index contributed by atoms with van der Waals surface area (Å²) in [5, 5.41) is 13.9. The van der Waals surface area contributed by atoms with Crippen LogP contribution in [0.15, 0.2) is 60.7 Å². The van der Waals surface area contributed by atoms with Crippen molar-refractivity contribution in [1.82, 2.24) is 5.32 Å². The van der Waals surface area contributed by atoms with Crippen LogP contribution in [-0.4, -0.2) is 29.0 Å². The molecule has 1 amide bonds. The standard InChI is InChI=1S/C24H29NO4/c26-17-7-12-22(20-10-5-2-6-11-20)25-23(27)24(28)15-13-21(14-16-24)29-18-19-8-3-1-4-9-19/h1-6,8-11,17,21-22,28H,7,12-16,18H2,(H,25,27)/t21?,22-,24?/m0/s1. The van der Waals surface area contributed by atoms with Gasteiger partial charge in [-0.25, -0.2) is 0 Å². The summed E-state index contributed by atoms with van der Waals surface area (Å²) in [5.41, 5.74) is 0.666. The fraction of sp³-hybridized carbons (Fsp3) is 0.417. The highest BCUT2D eigenvalue weighted by atomic mass is 16.5. The fourth-order valence-corrected chi connectivity index (χ4v) is 3.79. The fourth-order valence-electron chi connectivity index (χ4n) is 3.79. The summed E-state index contributed by atoms with van der Waals surface area (Å²) in [6.07, 6.45) is 3.78. The Morgan fingerprint density at radius 2 is 1.72 bits per heavy atom. The van der Waals surface area contributed by atoms with Gasteiger partial charge in [-0.1, -0.05) is 60.7 Å². The highest BCUT2D eigenvalue weighted by Gasteiger charge is 2.40. The Kier molecular flexibility index (Phi) is 7.55. The number of carbonyl (C=O) groups excluding carboxylic acids is 2. The first kappa shape index (κ1) is 21.2. The predicted octanol–water partition coefficient (Wildman–Crippen LogP) is 3.71. The predicted molar refractivity (Wildman–Crippen MR) is 111 cm³/mol. The Hall–Kier alpha value is -2.50. The second-order valence-corrected chi connectivity index (χ2v) is 7.71. The first-order valence-corrected chi connectivity index (χ1v) is 10.3. The largest absolute Gasteiger partial charge is 0.380 e. The second kappa shape index (κ2) is 10.3. The molecule has 0 spiro atoms. The molecule has 0 saturated heterocycles. The topological polar surface area (TPSA) is 75.6 Å². The number of benzene rings is 2. The van der Waals surface area contributed by atoms with Gasteiger partial charge in [-0.05, 0) is 43.2 Å². The average molecular weight is 395 g/mol. The van der Waals surface area contributed by atoms with E-state index in [4.69, 9.17) is 4.74 Å². The molecule has 29 heavy (non-hydrogen) atoms. The minimum absolute atomic E-state index is 0.0447. The summed E-state index contributed by atoms with van der Waals surface area (Å²) >= 11 is 0. The first-order valence-electron chi connectivity index (χ1n) is 10.3. The Balaban J connectivity index is 1.54. The van der Waals surface area contributed by atoms with Crippen molar-refractivity contribution in [3.05, 3.63) is 71.8 Å². The summed E-state index contributed by atoms with van der Waals surface area (Å²) < 4.78 is 5.96. The maximum Gasteiger partial charge on any atom is 0.252 e. The van der Waals surface area contributed by atoms with E-state index in [2.05, 4.69) is 5.32 Å². The molecule has 5 nitrogen and oxygen atoms in total. The molecular weight excluding hydrogens is 366 g/mol. The summed E-state index contributed by atoms with van der Waals surface area (Å²) in [6, 6.07) is 19.3. The van der Waals surface area contributed by atoms with Gasteiger partial charge < -0.3 is 20.0 Å². The van der Waals surface area contributed by atoms with Crippen molar-refractivity contribution in [1.29, 1.82) is 0 Å². The van der Waals surface area contributed by atoms with Crippen LogP contribution in [0.3, 0.4) is 0 Å². The van der Waals surface area contributed by atoms with Gasteiger partial charge in [0.2, 0.25) is 0 Å². The van der Waals surface area contributed by atoms with E-state index < -0.39 is 5.60 Å². The summed E-state index contributed by atoms with van der Waals surface area (Å²) in [7, 11) is 0. The lowest BCUT2D eigenvalue weighted by molar-refractivity contribution is -0.147. The molecule has 0 unspecified atom stereocenters. The van der Waals surface area contributed by atoms with E-state index in [0.717, 1.165) is 17.4 Å². The van der Waals surface area contributed by atoms with Gasteiger partial charge in [0.05, 0.1) is 18.8 Å². The van der Waals surface area contributed by atoms with Crippen LogP contribution in [0.5, 0.6) is 0 Å². The summed E-state index contributed by atoms with van der Waals surface area (Å²) in [4.78, 5) is 23.7. The van der Waals surface area contributed by atoms with Crippen molar-refractivity contribution < 1.29 is 19.4 Å². The zero-order valence-electron chi connectivity index (χ0n) is 16.6. The van der Waals surface area contributed by atoms with Crippen LogP contribution in [0.1, 0.15) is 55.7 Å². The van der Waals surface area contributed by atoms with Crippen molar-refractivity contribution in [2.24, 2.45) is 0 Å². The van der Waals surface area contributed by atoms with E-state index in [0.29, 0.717) is 45.1 Å². The van der Waals surface area contributed by atoms with Crippen LogP contribution in [0.2, 0.25) is 0 Å². The third kappa shape index (κ3) is 5.99. The Labute approximate surface area is 172 Å². The van der Waals surface area contributed by atoms with Crippen LogP contribution in [0.25, 0.3) is 0 Å². The van der Waals surface area contributed by atoms with E-state index in [1.54, 1.807) is 0 Å². The SMILES string of the molecule is O=CCC[C@H](NC(=O)C1(O)CCC(OCc2ccccc2)CC1)c1ccccc1. The maximum absolute atomic E-state index is 12.9. The minimum atomic E-state index is -1.39. The van der Waals surface area contributed by atoms with E-state index in [1.165, 1.54) is 0 Å². The summed E-state index contributed by atoms with van der Waals surface area (Å²) in [6.45, 7) is 0.540. The molecule has 2 aromatic rings. The van der Waals surface area contributed by atoms with Crippen LogP contribution in [0, 0.1) is 0 Å². The third-order valence-electron chi connectivity index (χ3n) is 5.59. The number of hydrogen-bond acceptors (Lipinski definition) is 4. The molecule has 0 radical (unpaired) electrons. The molecule has 1 fully saturated rings. The van der Waals surface area contributed by atoms with Gasteiger partial charge in [0.15, 0.2) is 0 Å². The Morgan fingerprint density at radius 3 is 2.34 bits per heavy atom. The molecule has 0 aliphatic heterocycles. The molecule has 154 valence electrons. The van der Waals surface area contributed by atoms with E-state index in [1.807, 2.05) is 60.7 Å². The average Bonchev–Trinajstić information content (AvgIpc) is 2.77. The lowest BCUT2D eigenvalue weighted by atomic mass is 9.82. The highest BCUT2D eigenvalue weighted by molar-refractivity contribution is 5.85. The van der Waals surface area contributed by atoms with Gasteiger partial charge in [0, 0.05) is 6.42 Å². The second-order valence-electron chi connectivity index (χ2n) is 7.71. The number of aldehydes is 1. The van der Waals surface area contributed by atoms with Crippen molar-refractivity contribution in [2.45, 2.75) is 62.9 Å². The molecule has 1 aliphatic rings. The molecule has 2 aromatic carbocycles. The van der Waals surface area contributed by atoms with Crippen molar-refractivity contribution in [2.75, 3.05) is 0 Å². The lowest BCUT2D eigenvalue weighted by Crippen LogP contribution is -2.50. The Morgan fingerprint density at radius 1 is 1.10 bits per heavy atom. The van der Waals surface area contributed by atoms with Crippen LogP contribution in [0.4, 0.5) is 0 Å². The summed E-state index contributed by atoms with van der Waals surface area (Å²) in [5.74, 6) is -0.362. The van der Waals surface area contributed by atoms with Crippen molar-refractivity contribution >= 4 is 12.2 Å². The molecule has 2 N–H and O–H groups in total. The molecule has 0 bridgehead atoms. The van der Waals surface area contributed by atoms with E-state index >= 15 is 0 Å². The van der Waals surface area contributed by atoms with Gasteiger partial charge in [-0.15, -0.1) is 0 Å². The molecule has 5 heteroatoms. The zero-order valence-corrected chi connectivity index (χ0v) is 16.6. The molecule has 1 saturated carbocycles. The van der Waals surface area contributed by atoms with E-state index in [-0.39, 0.29) is 18.1 Å². The molecular formula is C24H29NO4. The van der Waals surface area contributed by atoms with E-state index in [9.17, 15) is 14.7 Å². The normalized spacial score (nSPS) is 22.6. The quantitative estimate of drug-likeness (QED) is 0.635. The number of nitrogens with one attached hydrogen (secondary N) is 1. The number of rotatable bonds is 9. The third-order valence-corrected chi connectivity index (χ3v) is 5.59. The smallest absolute Gasteiger partial charge is 0.252 e. The molecule has 0 aromatic heterocycles. The minimum Gasteiger partial charge on any atom is -0.380 e. The number of ether oxygens (including phenoxy) is 1. The first-order chi connectivity index (χ1) is 14.1. The van der Waals surface area contributed by atoms with Crippen LogP contribution >= 0.6 is 0 Å². The van der Waals surface area contributed by atoms with Gasteiger partial charge in [0.25, 0.3) is 5.91 Å². The van der Waals surface area contributed by atoms with Crippen LogP contribution < -0.4 is 5.32 Å². The molecule has 3 rings (SSSR count). The van der Waals surface area contributed by atoms with Crippen molar-refractivity contribution in [3.63, 3.8) is 0 Å². The monoisotopic (exact) mass is 395 g/mol. The van der Waals surface area contributed by atoms with Crippen LogP contribution in [-0.2, 0) is 20.9 Å². The van der Waals surface area contributed by atoms with Crippen molar-refractivity contribution in [3.8, 4) is 0 Å². The Bertz CT molecular complexity index is 770. The van der Waals surface area contributed by atoms with Gasteiger partial charge in [-0.3, -0.25) is 4.79 Å². The lowest BCUT2D eigenvalue weighted by Gasteiger charge is -2.36. The zero-order chi connectivity index (χ0) is 20.5. The number of carbonyl (C=O) groups is 2. The number of aliphatic hydroxyl groups is 1. The highest BCUT2D eigenvalue weighted by Crippen LogP contribution is 2.32. The van der Waals surface area contributed by atoms with Gasteiger partial charge in [-0.2, -0.15) is 0 Å². The maximum atomic E-state index is 12.9. The van der Waals surface area contributed by atoms with Gasteiger partial charge in [0.1, 0.15) is 11.9 Å². The number of amides is 1. The number of hydrogen-bond donors (Lipinski definition) is 2. The van der Waals surface area contributed by atoms with Gasteiger partial charge >= 0.3 is 0 Å². The molecule has 0 heterocycles.